The second-order valence-corrected chi connectivity index (χ2v) is 8.96. The number of nitrogens with one attached hydrogen (secondary N) is 1. The van der Waals surface area contributed by atoms with E-state index in [2.05, 4.69) is 55.4 Å². The lowest BCUT2D eigenvalue weighted by Gasteiger charge is -2.19. The standard InChI is InChI=1S/C26H33N3O2/c1-19(2)25(30)27-18-24-28-22-10-6-7-11-23(22)29(24)16-8-9-17-31-21-14-12-20(13-15-21)26(3,4)5/h6-7,10-15H,1,8-9,16-18H2,2-5H3,(H,27,30). The van der Waals surface area contributed by atoms with Gasteiger partial charge < -0.3 is 14.6 Å². The van der Waals surface area contributed by atoms with Crippen molar-refractivity contribution in [2.75, 3.05) is 6.61 Å². The summed E-state index contributed by atoms with van der Waals surface area (Å²) in [6.45, 7) is 13.9. The Hall–Kier alpha value is -3.08. The minimum atomic E-state index is -0.149. The van der Waals surface area contributed by atoms with Crippen molar-refractivity contribution in [3.63, 3.8) is 0 Å². The summed E-state index contributed by atoms with van der Waals surface area (Å²) in [6, 6.07) is 16.4. The van der Waals surface area contributed by atoms with E-state index in [4.69, 9.17) is 9.72 Å². The number of para-hydroxylation sites is 2. The van der Waals surface area contributed by atoms with Crippen LogP contribution in [0.4, 0.5) is 0 Å². The molecule has 0 bridgehead atoms. The number of amides is 1. The molecule has 5 nitrogen and oxygen atoms in total. The highest BCUT2D eigenvalue weighted by Gasteiger charge is 2.13. The topological polar surface area (TPSA) is 56.2 Å². The number of aromatic nitrogens is 2. The van der Waals surface area contributed by atoms with Gasteiger partial charge in [0.2, 0.25) is 5.91 Å². The van der Waals surface area contributed by atoms with Crippen molar-refractivity contribution >= 4 is 16.9 Å². The molecule has 0 saturated heterocycles. The summed E-state index contributed by atoms with van der Waals surface area (Å²) in [5.41, 5.74) is 3.97. The van der Waals surface area contributed by atoms with Gasteiger partial charge >= 0.3 is 0 Å². The summed E-state index contributed by atoms with van der Waals surface area (Å²) < 4.78 is 8.11. The number of imidazole rings is 1. The van der Waals surface area contributed by atoms with Crippen LogP contribution in [0.15, 0.2) is 60.7 Å². The first-order chi connectivity index (χ1) is 14.8. The normalized spacial score (nSPS) is 11.5. The third kappa shape index (κ3) is 5.97. The van der Waals surface area contributed by atoms with Gasteiger partial charge in [-0.2, -0.15) is 0 Å². The van der Waals surface area contributed by atoms with Crippen LogP contribution in [0.5, 0.6) is 5.75 Å². The zero-order valence-corrected chi connectivity index (χ0v) is 19.1. The van der Waals surface area contributed by atoms with Gasteiger partial charge in [0.05, 0.1) is 24.2 Å². The highest BCUT2D eigenvalue weighted by Crippen LogP contribution is 2.24. The minimum absolute atomic E-state index is 0.146. The summed E-state index contributed by atoms with van der Waals surface area (Å²) >= 11 is 0. The Morgan fingerprint density at radius 3 is 2.48 bits per heavy atom. The Morgan fingerprint density at radius 1 is 1.10 bits per heavy atom. The van der Waals surface area contributed by atoms with Crippen LogP contribution < -0.4 is 10.1 Å². The molecule has 0 radical (unpaired) electrons. The number of rotatable bonds is 9. The predicted molar refractivity (Wildman–Crippen MR) is 126 cm³/mol. The maximum absolute atomic E-state index is 11.9. The van der Waals surface area contributed by atoms with E-state index in [-0.39, 0.29) is 11.3 Å². The molecule has 1 heterocycles. The second kappa shape index (κ2) is 9.82. The zero-order valence-electron chi connectivity index (χ0n) is 19.1. The molecule has 3 rings (SSSR count). The summed E-state index contributed by atoms with van der Waals surface area (Å²) in [5.74, 6) is 1.61. The fraction of sp³-hybridized carbons (Fsp3) is 0.385. The number of aryl methyl sites for hydroxylation is 1. The van der Waals surface area contributed by atoms with Gasteiger partial charge in [0.15, 0.2) is 0 Å². The van der Waals surface area contributed by atoms with Crippen molar-refractivity contribution in [3.05, 3.63) is 72.1 Å². The largest absolute Gasteiger partial charge is 0.494 e. The molecule has 2 aromatic carbocycles. The Bertz CT molecular complexity index is 1040. The number of carbonyl (C=O) groups excluding carboxylic acids is 1. The molecule has 1 amide bonds. The van der Waals surface area contributed by atoms with Gasteiger partial charge in [0, 0.05) is 12.1 Å². The van der Waals surface area contributed by atoms with Crippen molar-refractivity contribution < 1.29 is 9.53 Å². The maximum atomic E-state index is 11.9. The summed E-state index contributed by atoms with van der Waals surface area (Å²) in [7, 11) is 0. The predicted octanol–water partition coefficient (Wildman–Crippen LogP) is 5.39. The van der Waals surface area contributed by atoms with Crippen LogP contribution in [-0.4, -0.2) is 22.1 Å². The number of hydrogen-bond acceptors (Lipinski definition) is 3. The molecule has 0 aliphatic rings. The van der Waals surface area contributed by atoms with E-state index in [9.17, 15) is 4.79 Å². The minimum Gasteiger partial charge on any atom is -0.494 e. The third-order valence-electron chi connectivity index (χ3n) is 5.29. The highest BCUT2D eigenvalue weighted by atomic mass is 16.5. The van der Waals surface area contributed by atoms with Crippen molar-refractivity contribution in [1.82, 2.24) is 14.9 Å². The molecule has 0 fully saturated rings. The van der Waals surface area contributed by atoms with Gasteiger partial charge in [-0.15, -0.1) is 0 Å². The zero-order chi connectivity index (χ0) is 22.4. The average molecular weight is 420 g/mol. The number of benzene rings is 2. The molecule has 164 valence electrons. The molecule has 0 saturated carbocycles. The van der Waals surface area contributed by atoms with Crippen LogP contribution >= 0.6 is 0 Å². The lowest BCUT2D eigenvalue weighted by molar-refractivity contribution is -0.117. The Balaban J connectivity index is 1.56. The number of ether oxygens (including phenoxy) is 1. The van der Waals surface area contributed by atoms with E-state index in [0.29, 0.717) is 18.7 Å². The molecule has 31 heavy (non-hydrogen) atoms. The SMILES string of the molecule is C=C(C)C(=O)NCc1nc2ccccc2n1CCCCOc1ccc(C(C)(C)C)cc1. The van der Waals surface area contributed by atoms with Crippen LogP contribution in [0.2, 0.25) is 0 Å². The molecule has 3 aromatic rings. The van der Waals surface area contributed by atoms with Crippen LogP contribution in [0, 0.1) is 0 Å². The lowest BCUT2D eigenvalue weighted by Crippen LogP contribution is -2.25. The first-order valence-electron chi connectivity index (χ1n) is 10.9. The van der Waals surface area contributed by atoms with E-state index >= 15 is 0 Å². The van der Waals surface area contributed by atoms with Crippen LogP contribution in [0.3, 0.4) is 0 Å². The van der Waals surface area contributed by atoms with Gasteiger partial charge in [0.1, 0.15) is 11.6 Å². The van der Waals surface area contributed by atoms with Gasteiger partial charge in [-0.3, -0.25) is 4.79 Å². The molecule has 0 aliphatic heterocycles. The van der Waals surface area contributed by atoms with E-state index in [1.807, 2.05) is 30.3 Å². The van der Waals surface area contributed by atoms with Crippen molar-refractivity contribution in [3.8, 4) is 5.75 Å². The molecule has 0 unspecified atom stereocenters. The van der Waals surface area contributed by atoms with Crippen molar-refractivity contribution in [1.29, 1.82) is 0 Å². The molecule has 1 N–H and O–H groups in total. The number of carbonyl (C=O) groups is 1. The van der Waals surface area contributed by atoms with Crippen molar-refractivity contribution in [2.24, 2.45) is 0 Å². The molecule has 0 atom stereocenters. The average Bonchev–Trinajstić information content (AvgIpc) is 3.09. The van der Waals surface area contributed by atoms with E-state index in [0.717, 1.165) is 42.0 Å². The van der Waals surface area contributed by atoms with Crippen LogP contribution in [-0.2, 0) is 23.3 Å². The lowest BCUT2D eigenvalue weighted by atomic mass is 9.87. The summed E-state index contributed by atoms with van der Waals surface area (Å²) in [4.78, 5) is 16.6. The number of nitrogens with zero attached hydrogens (tertiary/aromatic N) is 2. The first kappa shape index (κ1) is 22.6. The van der Waals surface area contributed by atoms with E-state index in [1.54, 1.807) is 6.92 Å². The smallest absolute Gasteiger partial charge is 0.246 e. The number of hydrogen-bond donors (Lipinski definition) is 1. The molecule has 5 heteroatoms. The monoisotopic (exact) mass is 419 g/mol. The van der Waals surface area contributed by atoms with Crippen LogP contribution in [0.25, 0.3) is 11.0 Å². The Kier molecular flexibility index (Phi) is 7.16. The molecule has 0 aliphatic carbocycles. The summed E-state index contributed by atoms with van der Waals surface area (Å²) in [6.07, 6.45) is 1.90. The molecule has 1 aromatic heterocycles. The molecule has 0 spiro atoms. The summed E-state index contributed by atoms with van der Waals surface area (Å²) in [5, 5.41) is 2.89. The van der Waals surface area contributed by atoms with Gasteiger partial charge in [-0.25, -0.2) is 4.98 Å². The fourth-order valence-electron chi connectivity index (χ4n) is 3.43. The maximum Gasteiger partial charge on any atom is 0.246 e. The molecular formula is C26H33N3O2. The second-order valence-electron chi connectivity index (χ2n) is 8.96. The van der Waals surface area contributed by atoms with Crippen LogP contribution in [0.1, 0.15) is 51.9 Å². The first-order valence-corrected chi connectivity index (χ1v) is 10.9. The van der Waals surface area contributed by atoms with E-state index in [1.165, 1.54) is 5.56 Å². The Labute approximate surface area is 185 Å². The Morgan fingerprint density at radius 2 is 1.81 bits per heavy atom. The quantitative estimate of drug-likeness (QED) is 0.374. The van der Waals surface area contributed by atoms with Gasteiger partial charge in [0.25, 0.3) is 0 Å². The number of fused-ring (bicyclic) bond motifs is 1. The van der Waals surface area contributed by atoms with Gasteiger partial charge in [-0.1, -0.05) is 51.6 Å². The molecular weight excluding hydrogens is 386 g/mol. The van der Waals surface area contributed by atoms with E-state index < -0.39 is 0 Å². The highest BCUT2D eigenvalue weighted by molar-refractivity contribution is 5.92. The van der Waals surface area contributed by atoms with Crippen molar-refractivity contribution in [2.45, 2.75) is 59.0 Å². The van der Waals surface area contributed by atoms with Gasteiger partial charge in [-0.05, 0) is 55.0 Å². The number of unbranched alkanes of at least 4 members (excludes halogenated alkanes) is 1. The third-order valence-corrected chi connectivity index (χ3v) is 5.29. The fourth-order valence-corrected chi connectivity index (χ4v) is 3.43.